The van der Waals surface area contributed by atoms with Crippen molar-refractivity contribution in [1.29, 1.82) is 5.26 Å². The SMILES string of the molecule is N#CC(NCC1CCCO1)c1ncc(Cl)s1. The number of ether oxygens (including phenoxy) is 1. The third-order valence-corrected chi connectivity index (χ3v) is 3.62. The summed E-state index contributed by atoms with van der Waals surface area (Å²) in [4.78, 5) is 4.09. The zero-order valence-corrected chi connectivity index (χ0v) is 10.2. The van der Waals surface area contributed by atoms with Gasteiger partial charge in [-0.2, -0.15) is 5.26 Å². The van der Waals surface area contributed by atoms with Crippen LogP contribution in [0.15, 0.2) is 6.20 Å². The maximum Gasteiger partial charge on any atom is 0.148 e. The summed E-state index contributed by atoms with van der Waals surface area (Å²) in [5.74, 6) is 0. The molecule has 1 aromatic heterocycles. The highest BCUT2D eigenvalue weighted by molar-refractivity contribution is 7.15. The smallest absolute Gasteiger partial charge is 0.148 e. The van der Waals surface area contributed by atoms with Gasteiger partial charge < -0.3 is 4.74 Å². The molecule has 0 bridgehead atoms. The summed E-state index contributed by atoms with van der Waals surface area (Å²) in [6, 6.07) is 1.79. The van der Waals surface area contributed by atoms with Gasteiger partial charge in [0.25, 0.3) is 0 Å². The predicted octanol–water partition coefficient (Wildman–Crippen LogP) is 2.13. The topological polar surface area (TPSA) is 57.9 Å². The van der Waals surface area contributed by atoms with E-state index in [4.69, 9.17) is 21.6 Å². The molecule has 0 spiro atoms. The summed E-state index contributed by atoms with van der Waals surface area (Å²) in [5.41, 5.74) is 0. The van der Waals surface area contributed by atoms with Crippen molar-refractivity contribution >= 4 is 22.9 Å². The van der Waals surface area contributed by atoms with Gasteiger partial charge in [-0.3, -0.25) is 5.32 Å². The second-order valence-electron chi connectivity index (χ2n) is 3.61. The van der Waals surface area contributed by atoms with Crippen molar-refractivity contribution in [3.63, 3.8) is 0 Å². The summed E-state index contributed by atoms with van der Waals surface area (Å²) in [6.07, 6.45) is 3.96. The molecule has 1 N–H and O–H groups in total. The van der Waals surface area contributed by atoms with E-state index in [1.807, 2.05) is 0 Å². The van der Waals surface area contributed by atoms with Gasteiger partial charge in [0.05, 0.1) is 18.4 Å². The largest absolute Gasteiger partial charge is 0.377 e. The number of rotatable bonds is 4. The molecule has 1 aromatic rings. The molecule has 2 rings (SSSR count). The van der Waals surface area contributed by atoms with Gasteiger partial charge in [0.1, 0.15) is 15.4 Å². The number of nitriles is 1. The molecule has 2 heterocycles. The van der Waals surface area contributed by atoms with Crippen LogP contribution in [-0.2, 0) is 4.74 Å². The quantitative estimate of drug-likeness (QED) is 0.898. The van der Waals surface area contributed by atoms with Crippen molar-refractivity contribution in [2.24, 2.45) is 0 Å². The van der Waals surface area contributed by atoms with Gasteiger partial charge in [0.15, 0.2) is 0 Å². The number of thiazole rings is 1. The van der Waals surface area contributed by atoms with E-state index >= 15 is 0 Å². The van der Waals surface area contributed by atoms with Crippen LogP contribution in [0.1, 0.15) is 23.9 Å². The molecule has 1 aliphatic heterocycles. The lowest BCUT2D eigenvalue weighted by Gasteiger charge is -2.13. The summed E-state index contributed by atoms with van der Waals surface area (Å²) in [5, 5.41) is 12.9. The summed E-state index contributed by atoms with van der Waals surface area (Å²) in [7, 11) is 0. The highest BCUT2D eigenvalue weighted by Gasteiger charge is 2.19. The fourth-order valence-corrected chi connectivity index (χ4v) is 2.59. The van der Waals surface area contributed by atoms with Gasteiger partial charge in [0, 0.05) is 13.2 Å². The van der Waals surface area contributed by atoms with Crippen molar-refractivity contribution in [2.75, 3.05) is 13.2 Å². The highest BCUT2D eigenvalue weighted by Crippen LogP contribution is 2.23. The van der Waals surface area contributed by atoms with Crippen LogP contribution in [0.5, 0.6) is 0 Å². The van der Waals surface area contributed by atoms with Gasteiger partial charge >= 0.3 is 0 Å². The summed E-state index contributed by atoms with van der Waals surface area (Å²) >= 11 is 7.11. The van der Waals surface area contributed by atoms with E-state index < -0.39 is 0 Å². The van der Waals surface area contributed by atoms with Gasteiger partial charge in [-0.25, -0.2) is 4.98 Å². The Bertz CT molecular complexity index is 384. The Morgan fingerprint density at radius 1 is 1.81 bits per heavy atom. The number of hydrogen-bond donors (Lipinski definition) is 1. The van der Waals surface area contributed by atoms with Crippen LogP contribution < -0.4 is 5.32 Å². The Hall–Kier alpha value is -0.670. The Kier molecular flexibility index (Phi) is 4.13. The first-order chi connectivity index (χ1) is 7.79. The minimum absolute atomic E-state index is 0.228. The molecule has 1 aliphatic rings. The fourth-order valence-electron chi connectivity index (χ4n) is 1.64. The van der Waals surface area contributed by atoms with E-state index in [1.165, 1.54) is 11.3 Å². The Labute approximate surface area is 103 Å². The minimum atomic E-state index is -0.387. The van der Waals surface area contributed by atoms with E-state index in [0.717, 1.165) is 19.4 Å². The second-order valence-corrected chi connectivity index (χ2v) is 5.30. The second kappa shape index (κ2) is 5.60. The third-order valence-electron chi connectivity index (χ3n) is 2.45. The standard InChI is InChI=1S/C10H12ClN3OS/c11-9-6-14-10(16-9)8(4-12)13-5-7-2-1-3-15-7/h6-8,13H,1-3,5H2. The van der Waals surface area contributed by atoms with Crippen LogP contribution in [-0.4, -0.2) is 24.2 Å². The van der Waals surface area contributed by atoms with E-state index in [0.29, 0.717) is 15.9 Å². The average Bonchev–Trinajstić information content (AvgIpc) is 2.91. The van der Waals surface area contributed by atoms with E-state index in [1.54, 1.807) is 6.20 Å². The monoisotopic (exact) mass is 257 g/mol. The van der Waals surface area contributed by atoms with E-state index in [2.05, 4.69) is 16.4 Å². The van der Waals surface area contributed by atoms with Crippen LogP contribution in [0.4, 0.5) is 0 Å². The van der Waals surface area contributed by atoms with Gasteiger partial charge in [-0.15, -0.1) is 11.3 Å². The molecule has 0 radical (unpaired) electrons. The first kappa shape index (κ1) is 11.8. The van der Waals surface area contributed by atoms with Crippen molar-refractivity contribution in [2.45, 2.75) is 25.0 Å². The molecule has 86 valence electrons. The Morgan fingerprint density at radius 2 is 2.69 bits per heavy atom. The van der Waals surface area contributed by atoms with Crippen LogP contribution >= 0.6 is 22.9 Å². The average molecular weight is 258 g/mol. The summed E-state index contributed by atoms with van der Waals surface area (Å²) < 4.78 is 6.08. The molecule has 1 fully saturated rings. The number of halogens is 1. The fraction of sp³-hybridized carbons (Fsp3) is 0.600. The number of nitrogens with one attached hydrogen (secondary N) is 1. The molecular weight excluding hydrogens is 246 g/mol. The predicted molar refractivity (Wildman–Crippen MR) is 62.5 cm³/mol. The van der Waals surface area contributed by atoms with Gasteiger partial charge in [-0.1, -0.05) is 11.6 Å². The molecule has 4 nitrogen and oxygen atoms in total. The molecule has 0 saturated carbocycles. The molecule has 0 aliphatic carbocycles. The number of aromatic nitrogens is 1. The molecule has 0 amide bonds. The van der Waals surface area contributed by atoms with Gasteiger partial charge in [0.2, 0.25) is 0 Å². The number of hydrogen-bond acceptors (Lipinski definition) is 5. The molecule has 2 unspecified atom stereocenters. The minimum Gasteiger partial charge on any atom is -0.377 e. The Balaban J connectivity index is 1.88. The van der Waals surface area contributed by atoms with Crippen molar-refractivity contribution in [3.8, 4) is 6.07 Å². The van der Waals surface area contributed by atoms with Crippen LogP contribution in [0, 0.1) is 11.3 Å². The zero-order chi connectivity index (χ0) is 11.4. The Morgan fingerprint density at radius 3 is 3.25 bits per heavy atom. The molecular formula is C10H12ClN3OS. The first-order valence-electron chi connectivity index (χ1n) is 5.15. The molecule has 2 atom stereocenters. The van der Waals surface area contributed by atoms with Gasteiger partial charge in [-0.05, 0) is 12.8 Å². The lowest BCUT2D eigenvalue weighted by molar-refractivity contribution is 0.109. The lowest BCUT2D eigenvalue weighted by atomic mass is 10.2. The first-order valence-corrected chi connectivity index (χ1v) is 6.35. The van der Waals surface area contributed by atoms with Crippen LogP contribution in [0.3, 0.4) is 0 Å². The zero-order valence-electron chi connectivity index (χ0n) is 8.65. The van der Waals surface area contributed by atoms with Crippen LogP contribution in [0.2, 0.25) is 4.34 Å². The molecule has 6 heteroatoms. The normalized spacial score (nSPS) is 21.9. The maximum atomic E-state index is 9.03. The van der Waals surface area contributed by atoms with E-state index in [-0.39, 0.29) is 12.1 Å². The van der Waals surface area contributed by atoms with Crippen molar-refractivity contribution < 1.29 is 4.74 Å². The van der Waals surface area contributed by atoms with E-state index in [9.17, 15) is 0 Å². The molecule has 0 aromatic carbocycles. The van der Waals surface area contributed by atoms with Crippen molar-refractivity contribution in [3.05, 3.63) is 15.5 Å². The van der Waals surface area contributed by atoms with Crippen LogP contribution in [0.25, 0.3) is 0 Å². The summed E-state index contributed by atoms with van der Waals surface area (Å²) in [6.45, 7) is 1.52. The molecule has 1 saturated heterocycles. The highest BCUT2D eigenvalue weighted by atomic mass is 35.5. The van der Waals surface area contributed by atoms with Crippen molar-refractivity contribution in [1.82, 2.24) is 10.3 Å². The third kappa shape index (κ3) is 2.92. The number of nitrogens with zero attached hydrogens (tertiary/aromatic N) is 2. The lowest BCUT2D eigenvalue weighted by Crippen LogP contribution is -2.29. The maximum absolute atomic E-state index is 9.03. The molecule has 16 heavy (non-hydrogen) atoms.